The molecule has 0 fully saturated rings. The van der Waals surface area contributed by atoms with Gasteiger partial charge in [0.15, 0.2) is 11.5 Å². The van der Waals surface area contributed by atoms with Crippen LogP contribution in [0.1, 0.15) is 5.56 Å². The van der Waals surface area contributed by atoms with Crippen molar-refractivity contribution in [3.05, 3.63) is 54.1 Å². The lowest BCUT2D eigenvalue weighted by molar-refractivity contribution is -0.130. The van der Waals surface area contributed by atoms with Crippen LogP contribution in [0.25, 0.3) is 0 Å². The number of amides is 1. The summed E-state index contributed by atoms with van der Waals surface area (Å²) >= 11 is 0. The molecule has 22 heavy (non-hydrogen) atoms. The Morgan fingerprint density at radius 2 is 1.91 bits per heavy atom. The van der Waals surface area contributed by atoms with Gasteiger partial charge in [0.1, 0.15) is 12.4 Å². The number of carbonyl (C=O) groups excluding carboxylic acids is 1. The Balaban J connectivity index is 1.58. The van der Waals surface area contributed by atoms with Gasteiger partial charge >= 0.3 is 0 Å². The molecule has 6 heteroatoms. The summed E-state index contributed by atoms with van der Waals surface area (Å²) in [5, 5.41) is 13.0. The molecule has 6 nitrogen and oxygen atoms in total. The zero-order valence-corrected chi connectivity index (χ0v) is 11.6. The van der Waals surface area contributed by atoms with Crippen molar-refractivity contribution in [2.24, 2.45) is 5.10 Å². The van der Waals surface area contributed by atoms with E-state index in [1.165, 1.54) is 18.3 Å². The van der Waals surface area contributed by atoms with Crippen molar-refractivity contribution in [2.75, 3.05) is 6.61 Å². The van der Waals surface area contributed by atoms with Gasteiger partial charge in [0.25, 0.3) is 5.91 Å². The minimum atomic E-state index is -0.744. The molecule has 3 rings (SSSR count). The SMILES string of the molecule is O=C(N/N=C/c1ccc(O)cc1)[C@@H]1COc2ccccc2O1. The predicted molar refractivity (Wildman–Crippen MR) is 80.2 cm³/mol. The van der Waals surface area contributed by atoms with Crippen molar-refractivity contribution < 1.29 is 19.4 Å². The summed E-state index contributed by atoms with van der Waals surface area (Å²) in [4.78, 5) is 12.0. The average Bonchev–Trinajstić information content (AvgIpc) is 2.56. The molecule has 0 bridgehead atoms. The van der Waals surface area contributed by atoms with E-state index in [2.05, 4.69) is 10.5 Å². The summed E-state index contributed by atoms with van der Waals surface area (Å²) in [6, 6.07) is 13.6. The number of fused-ring (bicyclic) bond motifs is 1. The lowest BCUT2D eigenvalue weighted by atomic mass is 10.2. The van der Waals surface area contributed by atoms with Crippen molar-refractivity contribution in [2.45, 2.75) is 6.10 Å². The number of para-hydroxylation sites is 2. The molecule has 2 N–H and O–H groups in total. The van der Waals surface area contributed by atoms with Crippen LogP contribution in [0, 0.1) is 0 Å². The maximum Gasteiger partial charge on any atom is 0.284 e. The number of nitrogens with one attached hydrogen (secondary N) is 1. The van der Waals surface area contributed by atoms with Gasteiger partial charge in [-0.25, -0.2) is 5.43 Å². The zero-order chi connectivity index (χ0) is 15.4. The fraction of sp³-hybridized carbons (Fsp3) is 0.125. The summed E-state index contributed by atoms with van der Waals surface area (Å²) < 4.78 is 11.0. The van der Waals surface area contributed by atoms with Gasteiger partial charge in [-0.1, -0.05) is 12.1 Å². The molecule has 1 aliphatic rings. The second kappa shape index (κ2) is 6.17. The highest BCUT2D eigenvalue weighted by molar-refractivity contribution is 5.85. The predicted octanol–water partition coefficient (Wildman–Crippen LogP) is 1.68. The highest BCUT2D eigenvalue weighted by Gasteiger charge is 2.26. The Morgan fingerprint density at radius 3 is 2.68 bits per heavy atom. The Kier molecular flexibility index (Phi) is 3.91. The molecular weight excluding hydrogens is 284 g/mol. The molecule has 1 aliphatic heterocycles. The van der Waals surface area contributed by atoms with Crippen molar-refractivity contribution in [1.29, 1.82) is 0 Å². The third-order valence-electron chi connectivity index (χ3n) is 3.08. The summed E-state index contributed by atoms with van der Waals surface area (Å²) in [6.07, 6.45) is 0.737. The van der Waals surface area contributed by atoms with E-state index in [1.807, 2.05) is 12.1 Å². The number of ether oxygens (including phenoxy) is 2. The van der Waals surface area contributed by atoms with Crippen molar-refractivity contribution in [1.82, 2.24) is 5.43 Å². The van der Waals surface area contributed by atoms with Gasteiger partial charge in [-0.15, -0.1) is 0 Å². The Labute approximate surface area is 127 Å². The smallest absolute Gasteiger partial charge is 0.284 e. The van der Waals surface area contributed by atoms with E-state index in [0.717, 1.165) is 5.56 Å². The molecule has 0 radical (unpaired) electrons. The fourth-order valence-electron chi connectivity index (χ4n) is 1.95. The van der Waals surface area contributed by atoms with Crippen LogP contribution in [-0.2, 0) is 4.79 Å². The third kappa shape index (κ3) is 3.17. The highest BCUT2D eigenvalue weighted by atomic mass is 16.6. The Morgan fingerprint density at radius 1 is 1.18 bits per heavy atom. The molecular formula is C16H14N2O4. The lowest BCUT2D eigenvalue weighted by Gasteiger charge is -2.24. The van der Waals surface area contributed by atoms with E-state index in [1.54, 1.807) is 24.3 Å². The van der Waals surface area contributed by atoms with E-state index in [9.17, 15) is 9.90 Å². The molecule has 0 saturated heterocycles. The van der Waals surface area contributed by atoms with E-state index >= 15 is 0 Å². The molecule has 0 unspecified atom stereocenters. The fourth-order valence-corrected chi connectivity index (χ4v) is 1.95. The van der Waals surface area contributed by atoms with Crippen molar-refractivity contribution in [3.8, 4) is 17.2 Å². The average molecular weight is 298 g/mol. The Bertz CT molecular complexity index is 698. The number of phenolic OH excluding ortho intramolecular Hbond substituents is 1. The lowest BCUT2D eigenvalue weighted by Crippen LogP contribution is -2.42. The van der Waals surface area contributed by atoms with Gasteiger partial charge in [0.05, 0.1) is 6.21 Å². The number of hydrogen-bond donors (Lipinski definition) is 2. The van der Waals surface area contributed by atoms with Crippen LogP contribution >= 0.6 is 0 Å². The Hall–Kier alpha value is -3.02. The first-order valence-corrected chi connectivity index (χ1v) is 6.73. The van der Waals surface area contributed by atoms with Crippen LogP contribution in [-0.4, -0.2) is 29.9 Å². The number of aromatic hydroxyl groups is 1. The van der Waals surface area contributed by atoms with Crippen LogP contribution in [0.15, 0.2) is 53.6 Å². The summed E-state index contributed by atoms with van der Waals surface area (Å²) in [5.74, 6) is 0.952. The molecule has 2 aromatic carbocycles. The van der Waals surface area contributed by atoms with Crippen molar-refractivity contribution in [3.63, 3.8) is 0 Å². The number of benzene rings is 2. The third-order valence-corrected chi connectivity index (χ3v) is 3.08. The number of nitrogens with zero attached hydrogens (tertiary/aromatic N) is 1. The molecule has 1 amide bonds. The maximum absolute atomic E-state index is 12.0. The van der Waals surface area contributed by atoms with Gasteiger partial charge in [0.2, 0.25) is 6.10 Å². The van der Waals surface area contributed by atoms with Crippen LogP contribution in [0.2, 0.25) is 0 Å². The normalized spacial score (nSPS) is 16.5. The number of phenols is 1. The summed E-state index contributed by atoms with van der Waals surface area (Å²) in [6.45, 7) is 0.136. The van der Waals surface area contributed by atoms with Gasteiger partial charge in [-0.05, 0) is 42.0 Å². The number of hydrogen-bond acceptors (Lipinski definition) is 5. The molecule has 2 aromatic rings. The topological polar surface area (TPSA) is 80.2 Å². The van der Waals surface area contributed by atoms with Crippen LogP contribution in [0.5, 0.6) is 17.2 Å². The quantitative estimate of drug-likeness (QED) is 0.667. The minimum absolute atomic E-state index is 0.136. The molecule has 1 heterocycles. The van der Waals surface area contributed by atoms with E-state index in [-0.39, 0.29) is 18.3 Å². The largest absolute Gasteiger partial charge is 0.508 e. The first kappa shape index (κ1) is 13.9. The maximum atomic E-state index is 12.0. The van der Waals surface area contributed by atoms with Crippen LogP contribution in [0.4, 0.5) is 0 Å². The number of hydrazone groups is 1. The number of carbonyl (C=O) groups is 1. The van der Waals surface area contributed by atoms with Crippen LogP contribution in [0.3, 0.4) is 0 Å². The second-order valence-corrected chi connectivity index (χ2v) is 4.69. The molecule has 112 valence electrons. The van der Waals surface area contributed by atoms with E-state index in [0.29, 0.717) is 11.5 Å². The van der Waals surface area contributed by atoms with Crippen molar-refractivity contribution >= 4 is 12.1 Å². The molecule has 0 saturated carbocycles. The molecule has 0 aromatic heterocycles. The molecule has 0 aliphatic carbocycles. The second-order valence-electron chi connectivity index (χ2n) is 4.69. The van der Waals surface area contributed by atoms with Gasteiger partial charge in [-0.2, -0.15) is 5.10 Å². The zero-order valence-electron chi connectivity index (χ0n) is 11.6. The monoisotopic (exact) mass is 298 g/mol. The molecule has 0 spiro atoms. The van der Waals surface area contributed by atoms with E-state index < -0.39 is 6.10 Å². The molecule has 1 atom stereocenters. The van der Waals surface area contributed by atoms with E-state index in [4.69, 9.17) is 9.47 Å². The van der Waals surface area contributed by atoms with Gasteiger partial charge < -0.3 is 14.6 Å². The number of rotatable bonds is 3. The first-order chi connectivity index (χ1) is 10.7. The standard InChI is InChI=1S/C16H14N2O4/c19-12-7-5-11(6-8-12)9-17-18-16(20)15-10-21-13-3-1-2-4-14(13)22-15/h1-9,15,19H,10H2,(H,18,20)/b17-9+/t15-/m0/s1. The minimum Gasteiger partial charge on any atom is -0.508 e. The highest BCUT2D eigenvalue weighted by Crippen LogP contribution is 2.30. The van der Waals surface area contributed by atoms with Crippen LogP contribution < -0.4 is 14.9 Å². The van der Waals surface area contributed by atoms with Gasteiger partial charge in [0, 0.05) is 0 Å². The van der Waals surface area contributed by atoms with Gasteiger partial charge in [-0.3, -0.25) is 4.79 Å². The summed E-state index contributed by atoms with van der Waals surface area (Å²) in [5.41, 5.74) is 3.16. The first-order valence-electron chi connectivity index (χ1n) is 6.73. The summed E-state index contributed by atoms with van der Waals surface area (Å²) in [7, 11) is 0.